The highest BCUT2D eigenvalue weighted by Gasteiger charge is 2.07. The second-order valence-electron chi connectivity index (χ2n) is 4.74. The van der Waals surface area contributed by atoms with Crippen molar-refractivity contribution in [1.29, 1.82) is 0 Å². The second-order valence-corrected chi connectivity index (χ2v) is 5.15. The molecule has 0 aromatic heterocycles. The third-order valence-corrected chi connectivity index (χ3v) is 3.51. The van der Waals surface area contributed by atoms with E-state index in [2.05, 4.69) is 48.7 Å². The van der Waals surface area contributed by atoms with Crippen LogP contribution in [0, 0.1) is 0 Å². The summed E-state index contributed by atoms with van der Waals surface area (Å²) in [5.41, 5.74) is 3.57. The summed E-state index contributed by atoms with van der Waals surface area (Å²) in [6.45, 7) is 4.25. The highest BCUT2D eigenvalue weighted by atomic mass is 32.1. The van der Waals surface area contributed by atoms with Crippen LogP contribution < -0.4 is 10.6 Å². The summed E-state index contributed by atoms with van der Waals surface area (Å²) in [7, 11) is 0. The van der Waals surface area contributed by atoms with Crippen LogP contribution in [0.5, 0.6) is 0 Å². The van der Waals surface area contributed by atoms with Gasteiger partial charge in [0.2, 0.25) is 0 Å². The number of hydrogen-bond donors (Lipinski definition) is 2. The molecule has 0 saturated carbocycles. The van der Waals surface area contributed by atoms with Gasteiger partial charge in [-0.3, -0.25) is 0 Å². The van der Waals surface area contributed by atoms with Gasteiger partial charge in [-0.25, -0.2) is 0 Å². The lowest BCUT2D eigenvalue weighted by molar-refractivity contribution is 0.722. The van der Waals surface area contributed by atoms with Gasteiger partial charge in [-0.2, -0.15) is 0 Å². The first kappa shape index (κ1) is 14.5. The monoisotopic (exact) mass is 284 g/mol. The molecule has 0 fully saturated rings. The third-order valence-electron chi connectivity index (χ3n) is 3.29. The van der Waals surface area contributed by atoms with E-state index < -0.39 is 0 Å². The summed E-state index contributed by atoms with van der Waals surface area (Å²) in [5.74, 6) is 0. The number of benzene rings is 2. The topological polar surface area (TPSA) is 24.1 Å². The average Bonchev–Trinajstić information content (AvgIpc) is 2.48. The van der Waals surface area contributed by atoms with Gasteiger partial charge in [0, 0.05) is 5.69 Å². The molecule has 0 aliphatic rings. The van der Waals surface area contributed by atoms with Gasteiger partial charge in [0.1, 0.15) is 0 Å². The van der Waals surface area contributed by atoms with Gasteiger partial charge in [-0.1, -0.05) is 55.5 Å². The molecule has 0 bridgehead atoms. The summed E-state index contributed by atoms with van der Waals surface area (Å²) >= 11 is 5.40. The maximum Gasteiger partial charge on any atom is 0.171 e. The second kappa shape index (κ2) is 7.06. The van der Waals surface area contributed by atoms with Gasteiger partial charge in [0.15, 0.2) is 5.11 Å². The molecular weight excluding hydrogens is 264 g/mol. The van der Waals surface area contributed by atoms with Crippen molar-refractivity contribution in [2.24, 2.45) is 0 Å². The number of hydrogen-bond acceptors (Lipinski definition) is 1. The fourth-order valence-electron chi connectivity index (χ4n) is 2.13. The van der Waals surface area contributed by atoms with E-state index in [4.69, 9.17) is 12.2 Å². The first-order valence-electron chi connectivity index (χ1n) is 6.91. The lowest BCUT2D eigenvalue weighted by atomic mass is 10.1. The molecular formula is C17H20N2S. The predicted molar refractivity (Wildman–Crippen MR) is 90.0 cm³/mol. The van der Waals surface area contributed by atoms with Crippen LogP contribution in [0.15, 0.2) is 54.6 Å². The molecule has 2 rings (SSSR count). The molecule has 3 heteroatoms. The zero-order chi connectivity index (χ0) is 14.4. The Morgan fingerprint density at radius 3 is 2.40 bits per heavy atom. The van der Waals surface area contributed by atoms with E-state index >= 15 is 0 Å². The predicted octanol–water partition coefficient (Wildman–Crippen LogP) is 4.30. The summed E-state index contributed by atoms with van der Waals surface area (Å²) in [6.07, 6.45) is 0.986. The Morgan fingerprint density at radius 2 is 1.70 bits per heavy atom. The summed E-state index contributed by atoms with van der Waals surface area (Å²) < 4.78 is 0. The SMILES string of the molecule is CCc1ccccc1NC(=S)N[C@H](C)c1ccccc1. The third kappa shape index (κ3) is 3.81. The molecule has 0 amide bonds. The average molecular weight is 284 g/mol. The Bertz CT molecular complexity index is 566. The smallest absolute Gasteiger partial charge is 0.171 e. The van der Waals surface area contributed by atoms with Crippen LogP contribution in [0.2, 0.25) is 0 Å². The van der Waals surface area contributed by atoms with Crippen LogP contribution in [-0.4, -0.2) is 5.11 Å². The maximum atomic E-state index is 5.40. The van der Waals surface area contributed by atoms with Gasteiger partial charge in [0.25, 0.3) is 0 Å². The zero-order valence-corrected chi connectivity index (χ0v) is 12.7. The molecule has 0 radical (unpaired) electrons. The highest BCUT2D eigenvalue weighted by Crippen LogP contribution is 2.16. The minimum Gasteiger partial charge on any atom is -0.356 e. The van der Waals surface area contributed by atoms with E-state index in [0.29, 0.717) is 5.11 Å². The fraction of sp³-hybridized carbons (Fsp3) is 0.235. The van der Waals surface area contributed by atoms with E-state index in [1.54, 1.807) is 0 Å². The molecule has 0 heterocycles. The zero-order valence-electron chi connectivity index (χ0n) is 11.9. The lowest BCUT2D eigenvalue weighted by Crippen LogP contribution is -2.31. The summed E-state index contributed by atoms with van der Waals surface area (Å²) in [4.78, 5) is 0. The summed E-state index contributed by atoms with van der Waals surface area (Å²) in [5, 5.41) is 7.25. The summed E-state index contributed by atoms with van der Waals surface area (Å²) in [6, 6.07) is 18.7. The molecule has 2 aromatic rings. The van der Waals surface area contributed by atoms with Gasteiger partial charge >= 0.3 is 0 Å². The van der Waals surface area contributed by atoms with Crippen molar-refractivity contribution < 1.29 is 0 Å². The number of nitrogens with one attached hydrogen (secondary N) is 2. The number of thiocarbonyl (C=S) groups is 1. The molecule has 0 spiro atoms. The van der Waals surface area contributed by atoms with Crippen LogP contribution in [0.25, 0.3) is 0 Å². The molecule has 2 N–H and O–H groups in total. The van der Waals surface area contributed by atoms with Crippen molar-refractivity contribution >= 4 is 23.0 Å². The van der Waals surface area contributed by atoms with Crippen molar-refractivity contribution in [3.63, 3.8) is 0 Å². The Labute approximate surface area is 126 Å². The van der Waals surface area contributed by atoms with Crippen LogP contribution in [0.4, 0.5) is 5.69 Å². The maximum absolute atomic E-state index is 5.40. The molecule has 0 aliphatic carbocycles. The van der Waals surface area contributed by atoms with Gasteiger partial charge < -0.3 is 10.6 Å². The molecule has 20 heavy (non-hydrogen) atoms. The first-order valence-corrected chi connectivity index (χ1v) is 7.32. The normalized spacial score (nSPS) is 11.7. The molecule has 2 aromatic carbocycles. The minimum absolute atomic E-state index is 0.185. The van der Waals surface area contributed by atoms with Crippen molar-refractivity contribution in [1.82, 2.24) is 5.32 Å². The molecule has 0 aliphatic heterocycles. The van der Waals surface area contributed by atoms with E-state index in [-0.39, 0.29) is 6.04 Å². The number of anilines is 1. The Kier molecular flexibility index (Phi) is 5.13. The number of rotatable bonds is 4. The van der Waals surface area contributed by atoms with Crippen LogP contribution in [0.1, 0.15) is 31.0 Å². The lowest BCUT2D eigenvalue weighted by Gasteiger charge is -2.18. The Morgan fingerprint density at radius 1 is 1.05 bits per heavy atom. The largest absolute Gasteiger partial charge is 0.356 e. The van der Waals surface area contributed by atoms with E-state index in [1.807, 2.05) is 30.3 Å². The molecule has 0 saturated heterocycles. The molecule has 0 unspecified atom stereocenters. The van der Waals surface area contributed by atoms with Crippen molar-refractivity contribution in [3.05, 3.63) is 65.7 Å². The van der Waals surface area contributed by atoms with E-state index in [9.17, 15) is 0 Å². The standard InChI is InChI=1S/C17H20N2S/c1-3-14-9-7-8-12-16(14)19-17(20)18-13(2)15-10-5-4-6-11-15/h4-13H,3H2,1-2H3,(H2,18,19,20)/t13-/m1/s1. The molecule has 104 valence electrons. The van der Waals surface area contributed by atoms with Crippen molar-refractivity contribution in [2.45, 2.75) is 26.3 Å². The number of para-hydroxylation sites is 1. The first-order chi connectivity index (χ1) is 9.70. The molecule has 2 nitrogen and oxygen atoms in total. The highest BCUT2D eigenvalue weighted by molar-refractivity contribution is 7.80. The number of aryl methyl sites for hydroxylation is 1. The molecule has 1 atom stereocenters. The Hall–Kier alpha value is -1.87. The van der Waals surface area contributed by atoms with E-state index in [0.717, 1.165) is 12.1 Å². The van der Waals surface area contributed by atoms with Crippen molar-refractivity contribution in [3.8, 4) is 0 Å². The van der Waals surface area contributed by atoms with E-state index in [1.165, 1.54) is 11.1 Å². The van der Waals surface area contributed by atoms with Gasteiger partial charge in [0.05, 0.1) is 6.04 Å². The van der Waals surface area contributed by atoms with Crippen LogP contribution in [0.3, 0.4) is 0 Å². The van der Waals surface area contributed by atoms with Gasteiger partial charge in [-0.05, 0) is 42.8 Å². The Balaban J connectivity index is 1.99. The van der Waals surface area contributed by atoms with Crippen LogP contribution >= 0.6 is 12.2 Å². The van der Waals surface area contributed by atoms with Gasteiger partial charge in [-0.15, -0.1) is 0 Å². The van der Waals surface area contributed by atoms with Crippen molar-refractivity contribution in [2.75, 3.05) is 5.32 Å². The minimum atomic E-state index is 0.185. The fourth-order valence-corrected chi connectivity index (χ4v) is 2.42. The van der Waals surface area contributed by atoms with Crippen LogP contribution in [-0.2, 0) is 6.42 Å². The quantitative estimate of drug-likeness (QED) is 0.819.